The number of nitrogens with zero attached hydrogens (tertiary/aromatic N) is 2. The maximum absolute atomic E-state index is 12.7. The number of benzene rings is 1. The van der Waals surface area contributed by atoms with Crippen LogP contribution in [0.2, 0.25) is 0 Å². The number of carbonyl (C=O) groups is 1. The first kappa shape index (κ1) is 16.0. The van der Waals surface area contributed by atoms with Gasteiger partial charge in [0.2, 0.25) is 5.91 Å². The Labute approximate surface area is 149 Å². The largest absolute Gasteiger partial charge is 0.352 e. The van der Waals surface area contributed by atoms with Crippen LogP contribution in [-0.4, -0.2) is 21.5 Å². The van der Waals surface area contributed by atoms with Gasteiger partial charge in [-0.25, -0.2) is 4.98 Å². The van der Waals surface area contributed by atoms with E-state index in [1.807, 2.05) is 36.4 Å². The number of amides is 1. The summed E-state index contributed by atoms with van der Waals surface area (Å²) < 4.78 is 1.40. The van der Waals surface area contributed by atoms with Crippen LogP contribution in [0.5, 0.6) is 0 Å². The van der Waals surface area contributed by atoms with E-state index in [1.54, 1.807) is 0 Å². The van der Waals surface area contributed by atoms with Gasteiger partial charge in [0, 0.05) is 10.9 Å². The Bertz CT molecular complexity index is 956. The van der Waals surface area contributed by atoms with E-state index in [-0.39, 0.29) is 24.1 Å². The van der Waals surface area contributed by atoms with Crippen LogP contribution >= 0.6 is 11.3 Å². The summed E-state index contributed by atoms with van der Waals surface area (Å²) in [5.41, 5.74) is 0.903. The van der Waals surface area contributed by atoms with E-state index in [1.165, 1.54) is 22.2 Å². The van der Waals surface area contributed by atoms with Crippen LogP contribution in [0, 0.1) is 0 Å². The van der Waals surface area contributed by atoms with E-state index in [0.29, 0.717) is 10.2 Å². The molecular weight excluding hydrogens is 334 g/mol. The van der Waals surface area contributed by atoms with Crippen molar-refractivity contribution < 1.29 is 4.79 Å². The van der Waals surface area contributed by atoms with E-state index >= 15 is 0 Å². The van der Waals surface area contributed by atoms with Crippen LogP contribution in [0.3, 0.4) is 0 Å². The first-order valence-electron chi connectivity index (χ1n) is 8.54. The third kappa shape index (κ3) is 3.35. The van der Waals surface area contributed by atoms with Crippen molar-refractivity contribution >= 4 is 27.5 Å². The third-order valence-corrected chi connectivity index (χ3v) is 5.70. The lowest BCUT2D eigenvalue weighted by Crippen LogP contribution is -2.37. The van der Waals surface area contributed by atoms with Crippen LogP contribution in [0.15, 0.2) is 47.5 Å². The Hall–Kier alpha value is -2.47. The molecule has 0 aliphatic heterocycles. The normalized spacial score (nSPS) is 14.9. The van der Waals surface area contributed by atoms with E-state index in [9.17, 15) is 9.59 Å². The SMILES string of the molecule is O=C(Cn1cnc2sc(-c3ccccc3)cc2c1=O)NC1CCCC1. The zero-order chi connectivity index (χ0) is 17.2. The number of fused-ring (bicyclic) bond motifs is 1. The third-order valence-electron chi connectivity index (χ3n) is 4.61. The van der Waals surface area contributed by atoms with Crippen molar-refractivity contribution in [1.29, 1.82) is 0 Å². The summed E-state index contributed by atoms with van der Waals surface area (Å²) in [6.07, 6.45) is 5.86. The summed E-state index contributed by atoms with van der Waals surface area (Å²) in [5.74, 6) is -0.117. The Morgan fingerprint density at radius 3 is 2.76 bits per heavy atom. The van der Waals surface area contributed by atoms with Crippen molar-refractivity contribution in [3.63, 3.8) is 0 Å². The Morgan fingerprint density at radius 2 is 2.00 bits per heavy atom. The highest BCUT2D eigenvalue weighted by Crippen LogP contribution is 2.30. The minimum atomic E-state index is -0.162. The standard InChI is InChI=1S/C19H19N3O2S/c23-17(21-14-8-4-5-9-14)11-22-12-20-18-15(19(22)24)10-16(25-18)13-6-2-1-3-7-13/h1-3,6-7,10,12,14H,4-5,8-9,11H2,(H,21,23). The molecule has 1 amide bonds. The fraction of sp³-hybridized carbons (Fsp3) is 0.316. The van der Waals surface area contributed by atoms with Gasteiger partial charge in [0.05, 0.1) is 11.7 Å². The molecule has 1 aliphatic carbocycles. The summed E-state index contributed by atoms with van der Waals surface area (Å²) in [6.45, 7) is 0.0226. The molecule has 0 saturated heterocycles. The van der Waals surface area contributed by atoms with Crippen LogP contribution in [-0.2, 0) is 11.3 Å². The molecule has 5 nitrogen and oxygen atoms in total. The molecule has 4 rings (SSSR count). The molecule has 0 unspecified atom stereocenters. The lowest BCUT2D eigenvalue weighted by atomic mass is 10.2. The van der Waals surface area contributed by atoms with Crippen LogP contribution < -0.4 is 10.9 Å². The number of carbonyl (C=O) groups excluding carboxylic acids is 1. The average Bonchev–Trinajstić information content (AvgIpc) is 3.28. The smallest absolute Gasteiger partial charge is 0.262 e. The van der Waals surface area contributed by atoms with E-state index in [4.69, 9.17) is 0 Å². The van der Waals surface area contributed by atoms with Crippen molar-refractivity contribution in [3.8, 4) is 10.4 Å². The lowest BCUT2D eigenvalue weighted by Gasteiger charge is -2.12. The van der Waals surface area contributed by atoms with Crippen LogP contribution in [0.1, 0.15) is 25.7 Å². The van der Waals surface area contributed by atoms with Gasteiger partial charge in [-0.05, 0) is 24.5 Å². The minimum absolute atomic E-state index is 0.0226. The predicted octanol–water partition coefficient (Wildman–Crippen LogP) is 3.18. The quantitative estimate of drug-likeness (QED) is 0.783. The summed E-state index contributed by atoms with van der Waals surface area (Å²) in [7, 11) is 0. The molecule has 1 N–H and O–H groups in total. The first-order chi connectivity index (χ1) is 12.2. The second kappa shape index (κ2) is 6.80. The van der Waals surface area contributed by atoms with Gasteiger partial charge in [-0.2, -0.15) is 0 Å². The molecule has 2 aromatic heterocycles. The fourth-order valence-electron chi connectivity index (χ4n) is 3.32. The minimum Gasteiger partial charge on any atom is -0.352 e. The first-order valence-corrected chi connectivity index (χ1v) is 9.36. The number of hydrogen-bond donors (Lipinski definition) is 1. The highest BCUT2D eigenvalue weighted by molar-refractivity contribution is 7.21. The molecule has 128 valence electrons. The highest BCUT2D eigenvalue weighted by Gasteiger charge is 2.18. The molecule has 6 heteroatoms. The lowest BCUT2D eigenvalue weighted by molar-refractivity contribution is -0.122. The van der Waals surface area contributed by atoms with Crippen LogP contribution in [0.25, 0.3) is 20.7 Å². The van der Waals surface area contributed by atoms with Crippen molar-refractivity contribution in [2.24, 2.45) is 0 Å². The van der Waals surface area contributed by atoms with E-state index < -0.39 is 0 Å². The number of hydrogen-bond acceptors (Lipinski definition) is 4. The molecule has 3 aromatic rings. The van der Waals surface area contributed by atoms with Crippen molar-refractivity contribution in [2.75, 3.05) is 0 Å². The molecule has 0 bridgehead atoms. The Morgan fingerprint density at radius 1 is 1.24 bits per heavy atom. The van der Waals surface area contributed by atoms with Crippen molar-refractivity contribution in [1.82, 2.24) is 14.9 Å². The average molecular weight is 353 g/mol. The molecule has 0 radical (unpaired) electrons. The molecule has 2 heterocycles. The zero-order valence-electron chi connectivity index (χ0n) is 13.8. The number of rotatable bonds is 4. The van der Waals surface area contributed by atoms with Crippen LogP contribution in [0.4, 0.5) is 0 Å². The fourth-order valence-corrected chi connectivity index (χ4v) is 4.31. The van der Waals surface area contributed by atoms with Gasteiger partial charge in [0.25, 0.3) is 5.56 Å². The molecule has 25 heavy (non-hydrogen) atoms. The van der Waals surface area contributed by atoms with Gasteiger partial charge in [-0.1, -0.05) is 43.2 Å². The maximum atomic E-state index is 12.7. The second-order valence-corrected chi connectivity index (χ2v) is 7.45. The molecule has 0 atom stereocenters. The molecular formula is C19H19N3O2S. The highest BCUT2D eigenvalue weighted by atomic mass is 32.1. The number of aromatic nitrogens is 2. The molecule has 0 spiro atoms. The van der Waals surface area contributed by atoms with Crippen molar-refractivity contribution in [2.45, 2.75) is 38.3 Å². The number of thiophene rings is 1. The Balaban J connectivity index is 1.59. The summed E-state index contributed by atoms with van der Waals surface area (Å²) in [5, 5.41) is 3.58. The summed E-state index contributed by atoms with van der Waals surface area (Å²) in [6, 6.07) is 12.1. The van der Waals surface area contributed by atoms with E-state index in [2.05, 4.69) is 10.3 Å². The van der Waals surface area contributed by atoms with Gasteiger partial charge in [0.1, 0.15) is 11.4 Å². The topological polar surface area (TPSA) is 64.0 Å². The maximum Gasteiger partial charge on any atom is 0.262 e. The molecule has 1 aromatic carbocycles. The van der Waals surface area contributed by atoms with Gasteiger partial charge in [0.15, 0.2) is 0 Å². The number of nitrogens with one attached hydrogen (secondary N) is 1. The Kier molecular flexibility index (Phi) is 4.36. The summed E-state index contributed by atoms with van der Waals surface area (Å²) in [4.78, 5) is 31.0. The van der Waals surface area contributed by atoms with Gasteiger partial charge >= 0.3 is 0 Å². The molecule has 1 aliphatic rings. The van der Waals surface area contributed by atoms with Gasteiger partial charge in [-0.15, -0.1) is 11.3 Å². The summed E-state index contributed by atoms with van der Waals surface area (Å²) >= 11 is 1.49. The van der Waals surface area contributed by atoms with E-state index in [0.717, 1.165) is 36.1 Å². The predicted molar refractivity (Wildman–Crippen MR) is 99.7 cm³/mol. The van der Waals surface area contributed by atoms with Crippen molar-refractivity contribution in [3.05, 3.63) is 53.1 Å². The monoisotopic (exact) mass is 353 g/mol. The zero-order valence-corrected chi connectivity index (χ0v) is 14.6. The molecule has 1 fully saturated rings. The van der Waals surface area contributed by atoms with Gasteiger partial charge < -0.3 is 5.32 Å². The van der Waals surface area contributed by atoms with Gasteiger partial charge in [-0.3, -0.25) is 14.2 Å². The molecule has 1 saturated carbocycles. The second-order valence-electron chi connectivity index (χ2n) is 6.42.